The number of hydrogen-bond donors (Lipinski definition) is 2. The van der Waals surface area contributed by atoms with Crippen LogP contribution in [0.4, 0.5) is 0 Å². The quantitative estimate of drug-likeness (QED) is 0.378. The van der Waals surface area contributed by atoms with Gasteiger partial charge in [-0.05, 0) is 6.08 Å². The van der Waals surface area contributed by atoms with Gasteiger partial charge < -0.3 is 10.2 Å². The lowest BCUT2D eigenvalue weighted by atomic mass is 10.0. The highest BCUT2D eigenvalue weighted by atomic mass is 16.3. The van der Waals surface area contributed by atoms with E-state index in [1.807, 2.05) is 0 Å². The van der Waals surface area contributed by atoms with E-state index in [-0.39, 0.29) is 5.57 Å². The van der Waals surface area contributed by atoms with Crippen LogP contribution in [0.2, 0.25) is 0 Å². The number of rotatable bonds is 1. The Kier molecular flexibility index (Phi) is 1.99. The minimum Gasteiger partial charge on any atom is -0.385 e. The Morgan fingerprint density at radius 2 is 2.10 bits per heavy atom. The highest BCUT2D eigenvalue weighted by Gasteiger charge is 2.12. The molecule has 0 aromatic rings. The van der Waals surface area contributed by atoms with Crippen molar-refractivity contribution in [1.29, 1.82) is 0 Å². The number of hydrogen-bond acceptors (Lipinski definition) is 3. The van der Waals surface area contributed by atoms with Crippen molar-refractivity contribution >= 4 is 6.29 Å². The summed E-state index contributed by atoms with van der Waals surface area (Å²) in [4.78, 5) is 10.1. The molecule has 0 aromatic heterocycles. The topological polar surface area (TPSA) is 57.5 Å². The Morgan fingerprint density at radius 3 is 2.60 bits per heavy atom. The zero-order valence-corrected chi connectivity index (χ0v) is 5.27. The molecule has 1 aliphatic carbocycles. The van der Waals surface area contributed by atoms with Crippen molar-refractivity contribution < 1.29 is 15.0 Å². The normalized spacial score (nSPS) is 31.6. The van der Waals surface area contributed by atoms with Gasteiger partial charge in [0.15, 0.2) is 0 Å². The molecule has 0 radical (unpaired) electrons. The van der Waals surface area contributed by atoms with Crippen molar-refractivity contribution in [1.82, 2.24) is 0 Å². The van der Waals surface area contributed by atoms with Gasteiger partial charge in [0.25, 0.3) is 0 Å². The second-order valence-electron chi connectivity index (χ2n) is 2.10. The number of carbonyl (C=O) groups excluding carboxylic acids is 1. The lowest BCUT2D eigenvalue weighted by Gasteiger charge is -2.11. The molecule has 0 bridgehead atoms. The Labute approximate surface area is 58.3 Å². The van der Waals surface area contributed by atoms with E-state index >= 15 is 0 Å². The Bertz CT molecular complexity index is 193. The fourth-order valence-electron chi connectivity index (χ4n) is 0.791. The number of carbonyl (C=O) groups is 1. The van der Waals surface area contributed by atoms with Crippen LogP contribution in [0.15, 0.2) is 23.8 Å². The first-order valence-corrected chi connectivity index (χ1v) is 2.95. The van der Waals surface area contributed by atoms with Gasteiger partial charge in [0.05, 0.1) is 6.10 Å². The monoisotopic (exact) mass is 140 g/mol. The van der Waals surface area contributed by atoms with Gasteiger partial charge in [-0.1, -0.05) is 12.2 Å². The van der Waals surface area contributed by atoms with E-state index in [4.69, 9.17) is 10.2 Å². The van der Waals surface area contributed by atoms with Gasteiger partial charge in [0, 0.05) is 5.57 Å². The third-order valence-electron chi connectivity index (χ3n) is 1.33. The first-order chi connectivity index (χ1) is 4.74. The van der Waals surface area contributed by atoms with Gasteiger partial charge >= 0.3 is 0 Å². The number of aliphatic hydroxyl groups is 2. The minimum absolute atomic E-state index is 0.218. The molecule has 0 aliphatic heterocycles. The molecule has 3 nitrogen and oxygen atoms in total. The van der Waals surface area contributed by atoms with E-state index in [1.165, 1.54) is 18.2 Å². The average Bonchev–Trinajstić information content (AvgIpc) is 1.94. The lowest BCUT2D eigenvalue weighted by molar-refractivity contribution is -0.105. The summed E-state index contributed by atoms with van der Waals surface area (Å²) < 4.78 is 0. The molecular formula is C7H8O3. The van der Waals surface area contributed by atoms with Gasteiger partial charge in [0.1, 0.15) is 12.4 Å². The Morgan fingerprint density at radius 1 is 1.40 bits per heavy atom. The average molecular weight is 140 g/mol. The summed E-state index contributed by atoms with van der Waals surface area (Å²) in [5.41, 5.74) is 0.218. The zero-order valence-electron chi connectivity index (χ0n) is 5.27. The number of aliphatic hydroxyl groups excluding tert-OH is 2. The van der Waals surface area contributed by atoms with Crippen LogP contribution in [-0.4, -0.2) is 28.7 Å². The molecule has 0 saturated carbocycles. The maximum atomic E-state index is 10.1. The van der Waals surface area contributed by atoms with E-state index in [2.05, 4.69) is 0 Å². The van der Waals surface area contributed by atoms with Crippen molar-refractivity contribution in [3.8, 4) is 0 Å². The summed E-state index contributed by atoms with van der Waals surface area (Å²) >= 11 is 0. The molecule has 1 rings (SSSR count). The molecule has 0 spiro atoms. The molecule has 2 N–H and O–H groups in total. The maximum absolute atomic E-state index is 10.1. The molecule has 0 aromatic carbocycles. The van der Waals surface area contributed by atoms with E-state index in [0.717, 1.165) is 0 Å². The predicted molar refractivity (Wildman–Crippen MR) is 35.3 cm³/mol. The fraction of sp³-hybridized carbons (Fsp3) is 0.286. The maximum Gasteiger partial charge on any atom is 0.148 e. The Balaban J connectivity index is 2.78. The predicted octanol–water partition coefficient (Wildman–Crippen LogP) is -0.597. The molecule has 2 atom stereocenters. The van der Waals surface area contributed by atoms with E-state index in [0.29, 0.717) is 6.29 Å². The molecule has 10 heavy (non-hydrogen) atoms. The SMILES string of the molecule is O=CC1=CC(O)C=CC1O. The van der Waals surface area contributed by atoms with Crippen LogP contribution in [0.1, 0.15) is 0 Å². The summed E-state index contributed by atoms with van der Waals surface area (Å²) in [6.07, 6.45) is 3.09. The van der Waals surface area contributed by atoms with Crippen LogP contribution in [0, 0.1) is 0 Å². The van der Waals surface area contributed by atoms with Crippen molar-refractivity contribution in [2.75, 3.05) is 0 Å². The highest BCUT2D eigenvalue weighted by Crippen LogP contribution is 2.09. The van der Waals surface area contributed by atoms with Crippen LogP contribution in [0.3, 0.4) is 0 Å². The highest BCUT2D eigenvalue weighted by molar-refractivity contribution is 5.76. The standard InChI is InChI=1S/C7H8O3/c8-4-5-3-6(9)1-2-7(5)10/h1-4,6-7,9-10H. The second-order valence-corrected chi connectivity index (χ2v) is 2.10. The fourth-order valence-corrected chi connectivity index (χ4v) is 0.791. The first-order valence-electron chi connectivity index (χ1n) is 2.95. The van der Waals surface area contributed by atoms with Gasteiger partial charge in [-0.15, -0.1) is 0 Å². The second kappa shape index (κ2) is 2.77. The van der Waals surface area contributed by atoms with Crippen LogP contribution in [0.5, 0.6) is 0 Å². The molecule has 2 unspecified atom stereocenters. The third kappa shape index (κ3) is 1.32. The molecule has 54 valence electrons. The first kappa shape index (κ1) is 7.18. The van der Waals surface area contributed by atoms with Crippen molar-refractivity contribution in [3.05, 3.63) is 23.8 Å². The molecular weight excluding hydrogens is 132 g/mol. The molecule has 0 fully saturated rings. The lowest BCUT2D eigenvalue weighted by Crippen LogP contribution is -2.16. The van der Waals surface area contributed by atoms with Gasteiger partial charge in [-0.25, -0.2) is 0 Å². The molecule has 0 amide bonds. The summed E-state index contributed by atoms with van der Waals surface area (Å²) in [6.45, 7) is 0. The van der Waals surface area contributed by atoms with Crippen molar-refractivity contribution in [3.63, 3.8) is 0 Å². The largest absolute Gasteiger partial charge is 0.385 e. The molecule has 3 heteroatoms. The Hall–Kier alpha value is -0.930. The van der Waals surface area contributed by atoms with Crippen LogP contribution in [0.25, 0.3) is 0 Å². The molecule has 0 saturated heterocycles. The van der Waals surface area contributed by atoms with Crippen LogP contribution in [-0.2, 0) is 4.79 Å². The molecule has 0 heterocycles. The summed E-state index contributed by atoms with van der Waals surface area (Å²) in [5, 5.41) is 17.9. The molecule has 1 aliphatic rings. The smallest absolute Gasteiger partial charge is 0.148 e. The summed E-state index contributed by atoms with van der Waals surface area (Å²) in [5.74, 6) is 0. The zero-order chi connectivity index (χ0) is 7.56. The summed E-state index contributed by atoms with van der Waals surface area (Å²) in [6, 6.07) is 0. The van der Waals surface area contributed by atoms with Crippen molar-refractivity contribution in [2.24, 2.45) is 0 Å². The van der Waals surface area contributed by atoms with Crippen LogP contribution < -0.4 is 0 Å². The number of aldehydes is 1. The van der Waals surface area contributed by atoms with Gasteiger partial charge in [0.2, 0.25) is 0 Å². The van der Waals surface area contributed by atoms with Crippen LogP contribution >= 0.6 is 0 Å². The van der Waals surface area contributed by atoms with E-state index in [1.54, 1.807) is 0 Å². The third-order valence-corrected chi connectivity index (χ3v) is 1.33. The minimum atomic E-state index is -0.846. The van der Waals surface area contributed by atoms with Crippen molar-refractivity contribution in [2.45, 2.75) is 12.2 Å². The van der Waals surface area contributed by atoms with E-state index < -0.39 is 12.2 Å². The van der Waals surface area contributed by atoms with E-state index in [9.17, 15) is 4.79 Å². The van der Waals surface area contributed by atoms with Gasteiger partial charge in [-0.2, -0.15) is 0 Å². The summed E-state index contributed by atoms with van der Waals surface area (Å²) in [7, 11) is 0. The van der Waals surface area contributed by atoms with Gasteiger partial charge in [-0.3, -0.25) is 4.79 Å².